The first kappa shape index (κ1) is 12.5. The monoisotopic (exact) mass is 212 g/mol. The lowest BCUT2D eigenvalue weighted by Crippen LogP contribution is -2.39. The van der Waals surface area contributed by atoms with E-state index in [9.17, 15) is 4.79 Å². The molecule has 1 rings (SSSR count). The van der Waals surface area contributed by atoms with Crippen LogP contribution >= 0.6 is 0 Å². The summed E-state index contributed by atoms with van der Waals surface area (Å²) in [5.41, 5.74) is 5.52. The van der Waals surface area contributed by atoms with Crippen molar-refractivity contribution in [2.24, 2.45) is 17.6 Å². The smallest absolute Gasteiger partial charge is 0.222 e. The first-order valence-electron chi connectivity index (χ1n) is 6.15. The van der Waals surface area contributed by atoms with Gasteiger partial charge in [-0.1, -0.05) is 20.3 Å². The minimum absolute atomic E-state index is 0.294. The Morgan fingerprint density at radius 3 is 2.53 bits per heavy atom. The van der Waals surface area contributed by atoms with Crippen LogP contribution < -0.4 is 5.73 Å². The quantitative estimate of drug-likeness (QED) is 0.769. The maximum atomic E-state index is 11.8. The highest BCUT2D eigenvalue weighted by Gasteiger charge is 2.22. The van der Waals surface area contributed by atoms with E-state index in [0.29, 0.717) is 24.8 Å². The highest BCUT2D eigenvalue weighted by Crippen LogP contribution is 2.20. The number of piperidine rings is 1. The van der Waals surface area contributed by atoms with Crippen LogP contribution in [0.2, 0.25) is 0 Å². The van der Waals surface area contributed by atoms with Crippen LogP contribution in [-0.2, 0) is 4.79 Å². The van der Waals surface area contributed by atoms with Crippen molar-refractivity contribution < 1.29 is 4.79 Å². The van der Waals surface area contributed by atoms with Crippen molar-refractivity contribution in [1.29, 1.82) is 0 Å². The molecule has 2 N–H and O–H groups in total. The summed E-state index contributed by atoms with van der Waals surface area (Å²) in [6.07, 6.45) is 4.23. The minimum Gasteiger partial charge on any atom is -0.343 e. The zero-order valence-corrected chi connectivity index (χ0v) is 10.0. The maximum Gasteiger partial charge on any atom is 0.222 e. The van der Waals surface area contributed by atoms with Gasteiger partial charge < -0.3 is 10.6 Å². The second-order valence-corrected chi connectivity index (χ2v) is 4.78. The lowest BCUT2D eigenvalue weighted by atomic mass is 9.94. The van der Waals surface area contributed by atoms with Crippen molar-refractivity contribution >= 4 is 5.91 Å². The van der Waals surface area contributed by atoms with Gasteiger partial charge in [-0.15, -0.1) is 0 Å². The van der Waals surface area contributed by atoms with Gasteiger partial charge in [-0.05, 0) is 31.2 Å². The molecule has 0 saturated carbocycles. The standard InChI is InChI=1S/C12H24N2O/c1-3-11-4-6-14(7-5-11)12(15)8-10(2)9-13/h10-11H,3-9,13H2,1-2H3. The van der Waals surface area contributed by atoms with E-state index in [0.717, 1.165) is 19.0 Å². The predicted molar refractivity (Wildman–Crippen MR) is 62.4 cm³/mol. The van der Waals surface area contributed by atoms with Crippen LogP contribution in [0.4, 0.5) is 0 Å². The maximum absolute atomic E-state index is 11.8. The Kier molecular flexibility index (Phi) is 5.09. The molecule has 1 aliphatic rings. The third-order valence-corrected chi connectivity index (χ3v) is 3.47. The third kappa shape index (κ3) is 3.82. The highest BCUT2D eigenvalue weighted by atomic mass is 16.2. The molecule has 0 radical (unpaired) electrons. The molecule has 1 unspecified atom stereocenters. The number of hydrogen-bond acceptors (Lipinski definition) is 2. The molecule has 0 spiro atoms. The Hall–Kier alpha value is -0.570. The van der Waals surface area contributed by atoms with E-state index >= 15 is 0 Å². The van der Waals surface area contributed by atoms with Gasteiger partial charge in [0.2, 0.25) is 5.91 Å². The fourth-order valence-electron chi connectivity index (χ4n) is 2.10. The highest BCUT2D eigenvalue weighted by molar-refractivity contribution is 5.76. The molecule has 15 heavy (non-hydrogen) atoms. The van der Waals surface area contributed by atoms with Crippen molar-refractivity contribution in [1.82, 2.24) is 4.90 Å². The number of nitrogens with two attached hydrogens (primary N) is 1. The molecule has 1 aliphatic heterocycles. The Bertz CT molecular complexity index is 198. The molecule has 1 saturated heterocycles. The topological polar surface area (TPSA) is 46.3 Å². The average Bonchev–Trinajstić information content (AvgIpc) is 2.29. The van der Waals surface area contributed by atoms with Crippen LogP contribution in [0, 0.1) is 11.8 Å². The van der Waals surface area contributed by atoms with Gasteiger partial charge >= 0.3 is 0 Å². The molecule has 1 atom stereocenters. The Morgan fingerprint density at radius 2 is 2.07 bits per heavy atom. The van der Waals surface area contributed by atoms with Crippen LogP contribution in [0.3, 0.4) is 0 Å². The third-order valence-electron chi connectivity index (χ3n) is 3.47. The Labute approximate surface area is 93.0 Å². The van der Waals surface area contributed by atoms with Crippen molar-refractivity contribution in [3.63, 3.8) is 0 Å². The zero-order valence-electron chi connectivity index (χ0n) is 10.0. The van der Waals surface area contributed by atoms with Crippen LogP contribution in [0.1, 0.15) is 39.5 Å². The molecular formula is C12H24N2O. The minimum atomic E-state index is 0.294. The molecule has 3 nitrogen and oxygen atoms in total. The molecular weight excluding hydrogens is 188 g/mol. The van der Waals surface area contributed by atoms with Gasteiger partial charge in [0.05, 0.1) is 0 Å². The summed E-state index contributed by atoms with van der Waals surface area (Å²) in [5.74, 6) is 1.45. The van der Waals surface area contributed by atoms with E-state index in [1.807, 2.05) is 11.8 Å². The fourth-order valence-corrected chi connectivity index (χ4v) is 2.10. The number of carbonyl (C=O) groups excluding carboxylic acids is 1. The molecule has 3 heteroatoms. The molecule has 1 amide bonds. The van der Waals surface area contributed by atoms with Crippen LogP contribution in [0.5, 0.6) is 0 Å². The first-order chi connectivity index (χ1) is 7.17. The van der Waals surface area contributed by atoms with Crippen LogP contribution in [0.15, 0.2) is 0 Å². The summed E-state index contributed by atoms with van der Waals surface area (Å²) >= 11 is 0. The van der Waals surface area contributed by atoms with Gasteiger partial charge in [0, 0.05) is 19.5 Å². The number of carbonyl (C=O) groups is 1. The summed E-state index contributed by atoms with van der Waals surface area (Å²) in [4.78, 5) is 13.8. The number of nitrogens with zero attached hydrogens (tertiary/aromatic N) is 1. The summed E-state index contributed by atoms with van der Waals surface area (Å²) < 4.78 is 0. The molecule has 88 valence electrons. The van der Waals surface area contributed by atoms with Gasteiger partial charge in [-0.25, -0.2) is 0 Å². The lowest BCUT2D eigenvalue weighted by Gasteiger charge is -2.32. The summed E-state index contributed by atoms with van der Waals surface area (Å²) in [6.45, 7) is 6.79. The van der Waals surface area contributed by atoms with E-state index in [1.54, 1.807) is 0 Å². The normalized spacial score (nSPS) is 20.3. The molecule has 0 aromatic heterocycles. The number of hydrogen-bond donors (Lipinski definition) is 1. The molecule has 0 bridgehead atoms. The Balaban J connectivity index is 2.30. The fraction of sp³-hybridized carbons (Fsp3) is 0.917. The van der Waals surface area contributed by atoms with Gasteiger partial charge in [-0.2, -0.15) is 0 Å². The molecule has 1 heterocycles. The van der Waals surface area contributed by atoms with Crippen LogP contribution in [0.25, 0.3) is 0 Å². The van der Waals surface area contributed by atoms with Crippen molar-refractivity contribution in [2.45, 2.75) is 39.5 Å². The predicted octanol–water partition coefficient (Wildman–Crippen LogP) is 1.62. The molecule has 1 fully saturated rings. The zero-order chi connectivity index (χ0) is 11.3. The second kappa shape index (κ2) is 6.11. The van der Waals surface area contributed by atoms with Gasteiger partial charge in [0.15, 0.2) is 0 Å². The average molecular weight is 212 g/mol. The number of amides is 1. The van der Waals surface area contributed by atoms with E-state index in [4.69, 9.17) is 5.73 Å². The van der Waals surface area contributed by atoms with Crippen molar-refractivity contribution in [3.8, 4) is 0 Å². The number of likely N-dealkylation sites (tertiary alicyclic amines) is 1. The summed E-state index contributed by atoms with van der Waals surface area (Å²) in [5, 5.41) is 0. The first-order valence-corrected chi connectivity index (χ1v) is 6.15. The Morgan fingerprint density at radius 1 is 1.47 bits per heavy atom. The summed E-state index contributed by atoms with van der Waals surface area (Å²) in [6, 6.07) is 0. The molecule has 0 aromatic carbocycles. The molecule has 0 aliphatic carbocycles. The van der Waals surface area contributed by atoms with Gasteiger partial charge in [0.25, 0.3) is 0 Å². The van der Waals surface area contributed by atoms with Gasteiger partial charge in [-0.3, -0.25) is 4.79 Å². The SMILES string of the molecule is CCC1CCN(C(=O)CC(C)CN)CC1. The second-order valence-electron chi connectivity index (χ2n) is 4.78. The summed E-state index contributed by atoms with van der Waals surface area (Å²) in [7, 11) is 0. The van der Waals surface area contributed by atoms with Gasteiger partial charge in [0.1, 0.15) is 0 Å². The van der Waals surface area contributed by atoms with E-state index in [-0.39, 0.29) is 0 Å². The lowest BCUT2D eigenvalue weighted by molar-refractivity contribution is -0.133. The largest absolute Gasteiger partial charge is 0.343 e. The van der Waals surface area contributed by atoms with Crippen molar-refractivity contribution in [3.05, 3.63) is 0 Å². The molecule has 0 aromatic rings. The van der Waals surface area contributed by atoms with E-state index in [1.165, 1.54) is 19.3 Å². The number of rotatable bonds is 4. The van der Waals surface area contributed by atoms with Crippen molar-refractivity contribution in [2.75, 3.05) is 19.6 Å². The van der Waals surface area contributed by atoms with E-state index in [2.05, 4.69) is 6.92 Å². The van der Waals surface area contributed by atoms with E-state index < -0.39 is 0 Å². The van der Waals surface area contributed by atoms with Crippen LogP contribution in [-0.4, -0.2) is 30.4 Å².